The maximum Gasteiger partial charge on any atom is 0.163 e. The van der Waals surface area contributed by atoms with Gasteiger partial charge in [-0.2, -0.15) is 0 Å². The van der Waals surface area contributed by atoms with Gasteiger partial charge in [-0.05, 0) is 55.3 Å². The lowest BCUT2D eigenvalue weighted by atomic mass is 9.99. The number of rotatable bonds is 7. The lowest BCUT2D eigenvalue weighted by Crippen LogP contribution is -2.11. The van der Waals surface area contributed by atoms with Gasteiger partial charge in [0.15, 0.2) is 5.78 Å². The Bertz CT molecular complexity index is 1260. The lowest BCUT2D eigenvalue weighted by molar-refractivity contribution is -0.111. The van der Waals surface area contributed by atoms with E-state index < -0.39 is 0 Å². The van der Waals surface area contributed by atoms with E-state index in [4.69, 9.17) is 4.74 Å². The molecule has 33 heavy (non-hydrogen) atoms. The minimum Gasteiger partial charge on any atom is -0.501 e. The topological polar surface area (TPSA) is 29.5 Å². The highest BCUT2D eigenvalue weighted by Crippen LogP contribution is 2.40. The molecule has 0 N–H and O–H groups in total. The van der Waals surface area contributed by atoms with Crippen LogP contribution in [0.3, 0.4) is 0 Å². The van der Waals surface area contributed by atoms with Gasteiger partial charge in [-0.1, -0.05) is 78.9 Å². The molecule has 0 spiro atoms. The number of ketones is 1. The van der Waals surface area contributed by atoms with Crippen molar-refractivity contribution in [2.75, 3.05) is 12.0 Å². The van der Waals surface area contributed by atoms with Gasteiger partial charge in [0.05, 0.1) is 18.4 Å². The van der Waals surface area contributed by atoms with Gasteiger partial charge < -0.3 is 9.64 Å². The molecule has 0 unspecified atom stereocenters. The van der Waals surface area contributed by atoms with Gasteiger partial charge in [0.1, 0.15) is 5.76 Å². The highest BCUT2D eigenvalue weighted by molar-refractivity contribution is 6.20. The smallest absolute Gasteiger partial charge is 0.163 e. The summed E-state index contributed by atoms with van der Waals surface area (Å²) in [4.78, 5) is 14.5. The molecule has 0 aliphatic carbocycles. The fourth-order valence-corrected chi connectivity index (χ4v) is 4.07. The number of carbonyl (C=O) groups is 1. The molecule has 0 fully saturated rings. The number of carbonyl (C=O) groups excluding carboxylic acids is 1. The van der Waals surface area contributed by atoms with Crippen LogP contribution in [0.1, 0.15) is 19.4 Å². The molecular weight excluding hydrogens is 406 g/mol. The van der Waals surface area contributed by atoms with Crippen LogP contribution in [0.5, 0.6) is 0 Å². The van der Waals surface area contributed by atoms with Gasteiger partial charge in [0.2, 0.25) is 0 Å². The van der Waals surface area contributed by atoms with Gasteiger partial charge in [-0.3, -0.25) is 4.79 Å². The number of allylic oxidation sites excluding steroid dienone is 2. The van der Waals surface area contributed by atoms with Crippen LogP contribution in [0.15, 0.2) is 115 Å². The summed E-state index contributed by atoms with van der Waals surface area (Å²) in [6, 6.07) is 37.2. The molecule has 4 aromatic rings. The van der Waals surface area contributed by atoms with E-state index in [0.717, 1.165) is 33.8 Å². The summed E-state index contributed by atoms with van der Waals surface area (Å²) in [7, 11) is 1.59. The zero-order valence-corrected chi connectivity index (χ0v) is 19.2. The standard InChI is InChI=1S/C30H27NO2/c1-22(32)30(23(2)33-3)25-18-20-27(21-19-25)31(26-14-8-5-9-15-26)29-17-11-10-16-28(29)24-12-6-4-7-13-24/h4-21H,1-3H3/b30-23+. The monoisotopic (exact) mass is 433 g/mol. The molecule has 3 heteroatoms. The highest BCUT2D eigenvalue weighted by atomic mass is 16.5. The Morgan fingerprint density at radius 1 is 0.667 bits per heavy atom. The fourth-order valence-electron chi connectivity index (χ4n) is 4.07. The second-order valence-electron chi connectivity index (χ2n) is 7.79. The Balaban J connectivity index is 1.86. The summed E-state index contributed by atoms with van der Waals surface area (Å²) < 4.78 is 5.36. The number of para-hydroxylation sites is 2. The van der Waals surface area contributed by atoms with Gasteiger partial charge in [0.25, 0.3) is 0 Å². The zero-order valence-electron chi connectivity index (χ0n) is 19.2. The van der Waals surface area contributed by atoms with E-state index in [2.05, 4.69) is 77.7 Å². The van der Waals surface area contributed by atoms with Crippen molar-refractivity contribution >= 4 is 28.4 Å². The van der Waals surface area contributed by atoms with Crippen LogP contribution in [0.2, 0.25) is 0 Å². The summed E-state index contributed by atoms with van der Waals surface area (Å²) >= 11 is 0. The van der Waals surface area contributed by atoms with E-state index in [9.17, 15) is 4.79 Å². The Kier molecular flexibility index (Phi) is 6.70. The predicted molar refractivity (Wildman–Crippen MR) is 137 cm³/mol. The third-order valence-corrected chi connectivity index (χ3v) is 5.67. The van der Waals surface area contributed by atoms with Gasteiger partial charge >= 0.3 is 0 Å². The highest BCUT2D eigenvalue weighted by Gasteiger charge is 2.18. The number of hydrogen-bond donors (Lipinski definition) is 0. The van der Waals surface area contributed by atoms with E-state index >= 15 is 0 Å². The van der Waals surface area contributed by atoms with Gasteiger partial charge in [0, 0.05) is 16.9 Å². The molecule has 0 amide bonds. The Hall–Kier alpha value is -4.11. The lowest BCUT2D eigenvalue weighted by Gasteiger charge is -2.28. The second-order valence-corrected chi connectivity index (χ2v) is 7.79. The Morgan fingerprint density at radius 3 is 1.82 bits per heavy atom. The number of anilines is 3. The number of nitrogens with zero attached hydrogens (tertiary/aromatic N) is 1. The van der Waals surface area contributed by atoms with Crippen molar-refractivity contribution < 1.29 is 9.53 Å². The van der Waals surface area contributed by atoms with E-state index in [1.807, 2.05) is 43.3 Å². The summed E-state index contributed by atoms with van der Waals surface area (Å²) in [5.41, 5.74) is 6.89. The van der Waals surface area contributed by atoms with Crippen molar-refractivity contribution in [3.8, 4) is 11.1 Å². The molecule has 0 aromatic heterocycles. The summed E-state index contributed by atoms with van der Waals surface area (Å²) in [5, 5.41) is 0. The van der Waals surface area contributed by atoms with E-state index in [0.29, 0.717) is 11.3 Å². The molecular formula is C30H27NO2. The fraction of sp³-hybridized carbons (Fsp3) is 0.100. The molecule has 0 heterocycles. The SMILES string of the molecule is CO/C(C)=C(\C(C)=O)c1ccc(N(c2ccccc2)c2ccccc2-c2ccccc2)cc1. The second kappa shape index (κ2) is 10.0. The minimum atomic E-state index is -0.0172. The number of ether oxygens (including phenoxy) is 1. The predicted octanol–water partition coefficient (Wildman–Crippen LogP) is 7.79. The van der Waals surface area contributed by atoms with Crippen LogP contribution < -0.4 is 4.90 Å². The first-order valence-electron chi connectivity index (χ1n) is 11.0. The average Bonchev–Trinajstić information content (AvgIpc) is 2.86. The van der Waals surface area contributed by atoms with Crippen molar-refractivity contribution in [3.63, 3.8) is 0 Å². The normalized spacial score (nSPS) is 11.5. The third-order valence-electron chi connectivity index (χ3n) is 5.67. The van der Waals surface area contributed by atoms with Crippen LogP contribution in [0, 0.1) is 0 Å². The molecule has 0 saturated carbocycles. The quantitative estimate of drug-likeness (QED) is 0.220. The maximum absolute atomic E-state index is 12.3. The number of benzene rings is 4. The number of hydrogen-bond acceptors (Lipinski definition) is 3. The van der Waals surface area contributed by atoms with Crippen molar-refractivity contribution in [2.45, 2.75) is 13.8 Å². The molecule has 4 aromatic carbocycles. The van der Waals surface area contributed by atoms with Crippen LogP contribution >= 0.6 is 0 Å². The first-order valence-corrected chi connectivity index (χ1v) is 11.0. The van der Waals surface area contributed by atoms with Gasteiger partial charge in [-0.25, -0.2) is 0 Å². The molecule has 0 aliphatic rings. The van der Waals surface area contributed by atoms with Crippen LogP contribution in [0.25, 0.3) is 16.7 Å². The van der Waals surface area contributed by atoms with E-state index in [1.165, 1.54) is 0 Å². The molecule has 0 atom stereocenters. The summed E-state index contributed by atoms with van der Waals surface area (Å²) in [6.45, 7) is 3.38. The number of methoxy groups -OCH3 is 1. The molecule has 0 saturated heterocycles. The zero-order chi connectivity index (χ0) is 23.2. The Morgan fingerprint density at radius 2 is 1.21 bits per heavy atom. The van der Waals surface area contributed by atoms with Crippen molar-refractivity contribution in [2.24, 2.45) is 0 Å². The largest absolute Gasteiger partial charge is 0.501 e. The van der Waals surface area contributed by atoms with Crippen molar-refractivity contribution in [3.05, 3.63) is 121 Å². The number of Topliss-reactive ketones (excluding diaryl/α,β-unsaturated/α-hetero) is 1. The summed E-state index contributed by atoms with van der Waals surface area (Å²) in [6.07, 6.45) is 0. The molecule has 0 bridgehead atoms. The van der Waals surface area contributed by atoms with E-state index in [-0.39, 0.29) is 5.78 Å². The molecule has 0 radical (unpaired) electrons. The molecule has 3 nitrogen and oxygen atoms in total. The molecule has 164 valence electrons. The minimum absolute atomic E-state index is 0.0172. The first kappa shape index (κ1) is 22.1. The van der Waals surface area contributed by atoms with E-state index in [1.54, 1.807) is 14.0 Å². The molecule has 0 aliphatic heterocycles. The van der Waals surface area contributed by atoms with Crippen molar-refractivity contribution in [1.29, 1.82) is 0 Å². The summed E-state index contributed by atoms with van der Waals surface area (Å²) in [5.74, 6) is 0.598. The van der Waals surface area contributed by atoms with Gasteiger partial charge in [-0.15, -0.1) is 0 Å². The van der Waals surface area contributed by atoms with Crippen LogP contribution in [0.4, 0.5) is 17.1 Å². The van der Waals surface area contributed by atoms with Crippen molar-refractivity contribution in [1.82, 2.24) is 0 Å². The van der Waals surface area contributed by atoms with Crippen LogP contribution in [-0.2, 0) is 9.53 Å². The first-order chi connectivity index (χ1) is 16.1. The Labute approximate surface area is 195 Å². The van der Waals surface area contributed by atoms with Crippen LogP contribution in [-0.4, -0.2) is 12.9 Å². The third kappa shape index (κ3) is 4.73. The molecule has 4 rings (SSSR count). The maximum atomic E-state index is 12.3. The average molecular weight is 434 g/mol.